The molecule has 0 saturated carbocycles. The summed E-state index contributed by atoms with van der Waals surface area (Å²) in [6.07, 6.45) is -7.49. The van der Waals surface area contributed by atoms with Crippen LogP contribution in [0, 0.1) is 5.82 Å². The number of anilines is 1. The van der Waals surface area contributed by atoms with Crippen molar-refractivity contribution in [2.45, 2.75) is 17.2 Å². The molecule has 0 fully saturated rings. The highest BCUT2D eigenvalue weighted by Gasteiger charge is 2.37. The second-order valence-corrected chi connectivity index (χ2v) is 5.19. The average molecular weight is 302 g/mol. The Morgan fingerprint density at radius 1 is 1.37 bits per heavy atom. The summed E-state index contributed by atoms with van der Waals surface area (Å²) in [6, 6.07) is 2.41. The number of nitrogens with one attached hydrogen (secondary N) is 1. The summed E-state index contributed by atoms with van der Waals surface area (Å²) < 4.78 is 71.2. The summed E-state index contributed by atoms with van der Waals surface area (Å²) in [5.74, 6) is -1.10. The molecule has 5 nitrogen and oxygen atoms in total. The number of hydrogen-bond acceptors (Lipinski definition) is 4. The van der Waals surface area contributed by atoms with Crippen LogP contribution in [0.1, 0.15) is 0 Å². The monoisotopic (exact) mass is 302 g/mol. The van der Waals surface area contributed by atoms with Crippen LogP contribution in [0.5, 0.6) is 0 Å². The number of aliphatic hydroxyl groups excluding tert-OH is 1. The Morgan fingerprint density at radius 2 is 1.95 bits per heavy atom. The van der Waals surface area contributed by atoms with E-state index >= 15 is 0 Å². The smallest absolute Gasteiger partial charge is 0.382 e. The van der Waals surface area contributed by atoms with E-state index in [1.807, 2.05) is 5.32 Å². The molecule has 1 rings (SSSR count). The van der Waals surface area contributed by atoms with E-state index in [4.69, 9.17) is 10.2 Å². The number of sulfonamides is 1. The van der Waals surface area contributed by atoms with Crippen LogP contribution in [0.15, 0.2) is 23.1 Å². The van der Waals surface area contributed by atoms with Crippen molar-refractivity contribution in [3.8, 4) is 0 Å². The predicted molar refractivity (Wildman–Crippen MR) is 58.3 cm³/mol. The SMILES string of the molecule is NS(=O)(=O)c1ccc(NCC(O)C(F)(F)F)c(F)c1. The van der Waals surface area contributed by atoms with Crippen LogP contribution in [0.3, 0.4) is 0 Å². The molecule has 0 aromatic heterocycles. The number of rotatable bonds is 4. The maximum atomic E-state index is 13.4. The molecule has 4 N–H and O–H groups in total. The molecule has 0 saturated heterocycles. The van der Waals surface area contributed by atoms with Gasteiger partial charge in [-0.3, -0.25) is 0 Å². The van der Waals surface area contributed by atoms with Gasteiger partial charge < -0.3 is 10.4 Å². The molecular formula is C9H10F4N2O3S. The Bertz CT molecular complexity index is 559. The molecule has 1 unspecified atom stereocenters. The first-order valence-electron chi connectivity index (χ1n) is 4.83. The minimum Gasteiger partial charge on any atom is -0.382 e. The molecule has 108 valence electrons. The van der Waals surface area contributed by atoms with Gasteiger partial charge in [-0.05, 0) is 18.2 Å². The zero-order valence-corrected chi connectivity index (χ0v) is 10.1. The first-order chi connectivity index (χ1) is 8.51. The van der Waals surface area contributed by atoms with E-state index in [1.165, 1.54) is 0 Å². The lowest BCUT2D eigenvalue weighted by atomic mass is 10.3. The molecule has 0 heterocycles. The van der Waals surface area contributed by atoms with E-state index in [0.717, 1.165) is 12.1 Å². The Morgan fingerprint density at radius 3 is 2.37 bits per heavy atom. The normalized spacial score (nSPS) is 14.2. The van der Waals surface area contributed by atoms with E-state index in [-0.39, 0.29) is 5.69 Å². The minimum atomic E-state index is -4.83. The number of aliphatic hydroxyl groups is 1. The molecule has 0 spiro atoms. The second kappa shape index (κ2) is 5.31. The van der Waals surface area contributed by atoms with E-state index < -0.39 is 39.6 Å². The van der Waals surface area contributed by atoms with Crippen molar-refractivity contribution in [1.82, 2.24) is 0 Å². The van der Waals surface area contributed by atoms with Crippen LogP contribution >= 0.6 is 0 Å². The fourth-order valence-electron chi connectivity index (χ4n) is 1.14. The number of alkyl halides is 3. The summed E-state index contributed by atoms with van der Waals surface area (Å²) in [4.78, 5) is -0.507. The number of primary sulfonamides is 1. The van der Waals surface area contributed by atoms with Gasteiger partial charge in [0, 0.05) is 6.54 Å². The molecule has 0 aliphatic heterocycles. The second-order valence-electron chi connectivity index (χ2n) is 3.62. The van der Waals surface area contributed by atoms with Gasteiger partial charge in [0.2, 0.25) is 10.0 Å². The lowest BCUT2D eigenvalue weighted by Gasteiger charge is -2.16. The van der Waals surface area contributed by atoms with Crippen molar-refractivity contribution >= 4 is 15.7 Å². The summed E-state index contributed by atoms with van der Waals surface area (Å²) in [7, 11) is -4.09. The molecule has 1 aromatic carbocycles. The van der Waals surface area contributed by atoms with Crippen molar-refractivity contribution < 1.29 is 31.1 Å². The predicted octanol–water partition coefficient (Wildman–Crippen LogP) is 0.808. The average Bonchev–Trinajstić information content (AvgIpc) is 2.24. The lowest BCUT2D eigenvalue weighted by Crippen LogP contribution is -2.35. The standard InChI is InChI=1S/C9H10F4N2O3S/c10-6-3-5(19(14,17)18)1-2-7(6)15-4-8(16)9(11,12)13/h1-3,8,15-16H,4H2,(H2,14,17,18). The van der Waals surface area contributed by atoms with Crippen molar-refractivity contribution in [2.24, 2.45) is 5.14 Å². The molecule has 1 atom stereocenters. The molecule has 1 aromatic rings. The highest BCUT2D eigenvalue weighted by molar-refractivity contribution is 7.89. The van der Waals surface area contributed by atoms with E-state index in [9.17, 15) is 26.0 Å². The zero-order chi connectivity index (χ0) is 14.8. The van der Waals surface area contributed by atoms with E-state index in [2.05, 4.69) is 0 Å². The molecule has 0 amide bonds. The first-order valence-corrected chi connectivity index (χ1v) is 6.37. The molecule has 19 heavy (non-hydrogen) atoms. The molecule has 0 aliphatic rings. The fourth-order valence-corrected chi connectivity index (χ4v) is 1.66. The number of hydrogen-bond donors (Lipinski definition) is 3. The molecule has 0 aliphatic carbocycles. The minimum absolute atomic E-state index is 0.379. The number of benzene rings is 1. The van der Waals surface area contributed by atoms with Gasteiger partial charge in [0.1, 0.15) is 5.82 Å². The van der Waals surface area contributed by atoms with Crippen molar-refractivity contribution in [1.29, 1.82) is 0 Å². The topological polar surface area (TPSA) is 92.4 Å². The van der Waals surface area contributed by atoms with Gasteiger partial charge in [-0.25, -0.2) is 17.9 Å². The third-order valence-electron chi connectivity index (χ3n) is 2.13. The fraction of sp³-hybridized carbons (Fsp3) is 0.333. The Kier molecular flexibility index (Phi) is 4.38. The van der Waals surface area contributed by atoms with Crippen LogP contribution < -0.4 is 10.5 Å². The van der Waals surface area contributed by atoms with Gasteiger partial charge in [-0.1, -0.05) is 0 Å². The van der Waals surface area contributed by atoms with Crippen LogP contribution in [-0.4, -0.2) is 32.3 Å². The maximum Gasteiger partial charge on any atom is 0.416 e. The highest BCUT2D eigenvalue weighted by Crippen LogP contribution is 2.22. The summed E-state index contributed by atoms with van der Waals surface area (Å²) in [6.45, 7) is -0.963. The van der Waals surface area contributed by atoms with Gasteiger partial charge >= 0.3 is 6.18 Å². The molecule has 0 radical (unpaired) electrons. The first kappa shape index (κ1) is 15.7. The van der Waals surface area contributed by atoms with Crippen LogP contribution in [0.4, 0.5) is 23.2 Å². The summed E-state index contributed by atoms with van der Waals surface area (Å²) in [5.41, 5.74) is -0.379. The molecule has 0 bridgehead atoms. The van der Waals surface area contributed by atoms with Crippen molar-refractivity contribution in [2.75, 3.05) is 11.9 Å². The Hall–Kier alpha value is -1.39. The van der Waals surface area contributed by atoms with Crippen LogP contribution in [0.25, 0.3) is 0 Å². The zero-order valence-electron chi connectivity index (χ0n) is 9.28. The van der Waals surface area contributed by atoms with Gasteiger partial charge in [0.05, 0.1) is 10.6 Å². The van der Waals surface area contributed by atoms with Gasteiger partial charge in [-0.15, -0.1) is 0 Å². The summed E-state index contributed by atoms with van der Waals surface area (Å²) in [5, 5.41) is 15.5. The van der Waals surface area contributed by atoms with Crippen molar-refractivity contribution in [3.05, 3.63) is 24.0 Å². The summed E-state index contributed by atoms with van der Waals surface area (Å²) >= 11 is 0. The van der Waals surface area contributed by atoms with Gasteiger partial charge in [-0.2, -0.15) is 13.2 Å². The molecular weight excluding hydrogens is 292 g/mol. The maximum absolute atomic E-state index is 13.4. The Labute approximate surface area is 106 Å². The van der Waals surface area contributed by atoms with Gasteiger partial charge in [0.15, 0.2) is 6.10 Å². The molecule has 10 heteroatoms. The van der Waals surface area contributed by atoms with Crippen LogP contribution in [-0.2, 0) is 10.0 Å². The quantitative estimate of drug-likeness (QED) is 0.718. The highest BCUT2D eigenvalue weighted by atomic mass is 32.2. The van der Waals surface area contributed by atoms with E-state index in [1.54, 1.807) is 0 Å². The third-order valence-corrected chi connectivity index (χ3v) is 3.04. The van der Waals surface area contributed by atoms with Crippen molar-refractivity contribution in [3.63, 3.8) is 0 Å². The van der Waals surface area contributed by atoms with Gasteiger partial charge in [0.25, 0.3) is 0 Å². The lowest BCUT2D eigenvalue weighted by molar-refractivity contribution is -0.198. The largest absolute Gasteiger partial charge is 0.416 e. The third kappa shape index (κ3) is 4.33. The van der Waals surface area contributed by atoms with Crippen LogP contribution in [0.2, 0.25) is 0 Å². The number of nitrogens with two attached hydrogens (primary N) is 1. The number of halogens is 4. The Balaban J connectivity index is 2.82. The van der Waals surface area contributed by atoms with E-state index in [0.29, 0.717) is 6.07 Å².